The first-order chi connectivity index (χ1) is 8.43. The number of amides is 1. The Hall–Kier alpha value is -1.56. The van der Waals surface area contributed by atoms with Crippen LogP contribution in [0, 0.1) is 6.92 Å². The van der Waals surface area contributed by atoms with E-state index in [9.17, 15) is 4.79 Å². The molecule has 0 fully saturated rings. The molecule has 0 saturated carbocycles. The molecule has 0 saturated heterocycles. The molecule has 6 heteroatoms. The van der Waals surface area contributed by atoms with Crippen LogP contribution in [0.2, 0.25) is 0 Å². The number of aromatic amines is 1. The summed E-state index contributed by atoms with van der Waals surface area (Å²) in [6.45, 7) is 7.67. The Balaban J connectivity index is 2.35. The molecule has 0 aliphatic carbocycles. The highest BCUT2D eigenvalue weighted by atomic mass is 16.1. The first kappa shape index (κ1) is 14.5. The molecule has 18 heavy (non-hydrogen) atoms. The van der Waals surface area contributed by atoms with Gasteiger partial charge >= 0.3 is 0 Å². The Morgan fingerprint density at radius 2 is 2.22 bits per heavy atom. The minimum absolute atomic E-state index is 0.161. The molecule has 1 amide bonds. The molecular formula is C12H23N5O. The number of hydrogen-bond acceptors (Lipinski definition) is 4. The topological polar surface area (TPSA) is 87.0 Å². The molecule has 0 spiro atoms. The lowest BCUT2D eigenvalue weighted by Crippen LogP contribution is -2.31. The monoisotopic (exact) mass is 253 g/mol. The van der Waals surface area contributed by atoms with Gasteiger partial charge in [0.25, 0.3) is 5.91 Å². The summed E-state index contributed by atoms with van der Waals surface area (Å²) in [6, 6.07) is 0.521. The first-order valence-corrected chi connectivity index (χ1v) is 6.22. The number of aromatic nitrogens is 2. The number of nitrogens with zero attached hydrogens (tertiary/aromatic N) is 2. The van der Waals surface area contributed by atoms with E-state index in [1.54, 1.807) is 6.92 Å². The Morgan fingerprint density at radius 1 is 1.56 bits per heavy atom. The minimum atomic E-state index is -0.161. The summed E-state index contributed by atoms with van der Waals surface area (Å²) in [5, 5.41) is 9.35. The van der Waals surface area contributed by atoms with E-state index in [-0.39, 0.29) is 11.7 Å². The van der Waals surface area contributed by atoms with Crippen molar-refractivity contribution in [1.29, 1.82) is 0 Å². The molecule has 0 bridgehead atoms. The zero-order chi connectivity index (χ0) is 13.7. The van der Waals surface area contributed by atoms with Crippen LogP contribution >= 0.6 is 0 Å². The molecule has 1 aromatic heterocycles. The van der Waals surface area contributed by atoms with Crippen molar-refractivity contribution >= 4 is 11.7 Å². The van der Waals surface area contributed by atoms with Crippen LogP contribution in [0.3, 0.4) is 0 Å². The van der Waals surface area contributed by atoms with Crippen molar-refractivity contribution in [1.82, 2.24) is 20.4 Å². The smallest absolute Gasteiger partial charge is 0.256 e. The molecule has 0 aliphatic rings. The van der Waals surface area contributed by atoms with Gasteiger partial charge in [-0.15, -0.1) is 0 Å². The van der Waals surface area contributed by atoms with Gasteiger partial charge < -0.3 is 16.0 Å². The molecule has 0 atom stereocenters. The molecule has 1 aromatic rings. The van der Waals surface area contributed by atoms with E-state index in [0.717, 1.165) is 13.0 Å². The van der Waals surface area contributed by atoms with Gasteiger partial charge in [-0.3, -0.25) is 9.89 Å². The average molecular weight is 253 g/mol. The van der Waals surface area contributed by atoms with Crippen molar-refractivity contribution in [2.24, 2.45) is 0 Å². The largest absolute Gasteiger partial charge is 0.382 e. The summed E-state index contributed by atoms with van der Waals surface area (Å²) in [7, 11) is 2.07. The van der Waals surface area contributed by atoms with Crippen LogP contribution in [0.1, 0.15) is 36.3 Å². The van der Waals surface area contributed by atoms with Crippen molar-refractivity contribution in [3.05, 3.63) is 11.3 Å². The second kappa shape index (κ2) is 6.39. The van der Waals surface area contributed by atoms with Gasteiger partial charge in [0.1, 0.15) is 5.56 Å². The summed E-state index contributed by atoms with van der Waals surface area (Å²) in [5.41, 5.74) is 6.77. The number of H-pyrrole nitrogens is 1. The molecule has 6 nitrogen and oxygen atoms in total. The maximum atomic E-state index is 11.9. The van der Waals surface area contributed by atoms with Crippen molar-refractivity contribution < 1.29 is 4.79 Å². The van der Waals surface area contributed by atoms with Gasteiger partial charge in [0.15, 0.2) is 5.82 Å². The highest BCUT2D eigenvalue weighted by Gasteiger charge is 2.15. The van der Waals surface area contributed by atoms with Crippen LogP contribution < -0.4 is 11.1 Å². The molecule has 1 rings (SSSR count). The fourth-order valence-electron chi connectivity index (χ4n) is 1.61. The number of nitrogen functional groups attached to an aromatic ring is 1. The summed E-state index contributed by atoms with van der Waals surface area (Å²) in [6.07, 6.45) is 0.914. The Kier molecular flexibility index (Phi) is 5.15. The van der Waals surface area contributed by atoms with Crippen molar-refractivity contribution in [3.63, 3.8) is 0 Å². The molecule has 0 aliphatic heterocycles. The maximum Gasteiger partial charge on any atom is 0.256 e. The van der Waals surface area contributed by atoms with E-state index < -0.39 is 0 Å². The Labute approximate surface area is 108 Å². The van der Waals surface area contributed by atoms with Crippen molar-refractivity contribution in [3.8, 4) is 0 Å². The molecular weight excluding hydrogens is 230 g/mol. The quantitative estimate of drug-likeness (QED) is 0.653. The molecule has 0 radical (unpaired) electrons. The Morgan fingerprint density at radius 3 is 2.72 bits per heavy atom. The average Bonchev–Trinajstić information content (AvgIpc) is 2.63. The Bertz CT molecular complexity index is 380. The number of anilines is 1. The van der Waals surface area contributed by atoms with Crippen LogP contribution in [0.4, 0.5) is 5.82 Å². The van der Waals surface area contributed by atoms with E-state index in [1.807, 2.05) is 0 Å². The lowest BCUT2D eigenvalue weighted by Gasteiger charge is -2.20. The number of nitrogens with two attached hydrogens (primary N) is 1. The summed E-state index contributed by atoms with van der Waals surface area (Å²) in [4.78, 5) is 14.1. The van der Waals surface area contributed by atoms with Gasteiger partial charge in [-0.05, 0) is 40.8 Å². The molecule has 0 unspecified atom stereocenters. The first-order valence-electron chi connectivity index (χ1n) is 6.22. The standard InChI is InChI=1S/C12H23N5O/c1-8(2)17(4)7-5-6-14-12(18)10-9(3)15-16-11(10)13/h8H,5-7H2,1-4H3,(H,14,18)(H3,13,15,16). The normalized spacial score (nSPS) is 11.2. The number of aryl methyl sites for hydroxylation is 1. The van der Waals surface area contributed by atoms with E-state index in [2.05, 4.69) is 41.3 Å². The fraction of sp³-hybridized carbons (Fsp3) is 0.667. The van der Waals surface area contributed by atoms with E-state index in [4.69, 9.17) is 5.73 Å². The summed E-state index contributed by atoms with van der Waals surface area (Å²) in [5.74, 6) is 0.0928. The molecule has 1 heterocycles. The SMILES string of the molecule is Cc1[nH]nc(N)c1C(=O)NCCCN(C)C(C)C. The van der Waals surface area contributed by atoms with Gasteiger partial charge in [-0.1, -0.05) is 0 Å². The van der Waals surface area contributed by atoms with Crippen molar-refractivity contribution in [2.45, 2.75) is 33.2 Å². The number of nitrogens with one attached hydrogen (secondary N) is 2. The lowest BCUT2D eigenvalue weighted by atomic mass is 10.2. The molecule has 102 valence electrons. The third-order valence-electron chi connectivity index (χ3n) is 3.06. The fourth-order valence-corrected chi connectivity index (χ4v) is 1.61. The van der Waals surface area contributed by atoms with Crippen LogP contribution in [-0.2, 0) is 0 Å². The highest BCUT2D eigenvalue weighted by Crippen LogP contribution is 2.11. The second-order valence-electron chi connectivity index (χ2n) is 4.79. The highest BCUT2D eigenvalue weighted by molar-refractivity contribution is 5.99. The van der Waals surface area contributed by atoms with Gasteiger partial charge in [0, 0.05) is 18.3 Å². The van der Waals surface area contributed by atoms with Gasteiger partial charge in [-0.25, -0.2) is 0 Å². The van der Waals surface area contributed by atoms with E-state index in [0.29, 0.717) is 23.8 Å². The number of hydrogen-bond donors (Lipinski definition) is 3. The zero-order valence-electron chi connectivity index (χ0n) is 11.6. The number of rotatable bonds is 6. The molecule has 0 aromatic carbocycles. The number of carbonyl (C=O) groups is 1. The third-order valence-corrected chi connectivity index (χ3v) is 3.06. The van der Waals surface area contributed by atoms with E-state index >= 15 is 0 Å². The summed E-state index contributed by atoms with van der Waals surface area (Å²) < 4.78 is 0. The van der Waals surface area contributed by atoms with Crippen LogP contribution in [0.15, 0.2) is 0 Å². The van der Waals surface area contributed by atoms with Gasteiger partial charge in [0.2, 0.25) is 0 Å². The zero-order valence-corrected chi connectivity index (χ0v) is 11.6. The number of carbonyl (C=O) groups excluding carboxylic acids is 1. The maximum absolute atomic E-state index is 11.9. The minimum Gasteiger partial charge on any atom is -0.382 e. The van der Waals surface area contributed by atoms with Crippen LogP contribution in [0.5, 0.6) is 0 Å². The lowest BCUT2D eigenvalue weighted by molar-refractivity contribution is 0.0952. The second-order valence-corrected chi connectivity index (χ2v) is 4.79. The summed E-state index contributed by atoms with van der Waals surface area (Å²) >= 11 is 0. The predicted molar refractivity (Wildman–Crippen MR) is 72.5 cm³/mol. The van der Waals surface area contributed by atoms with E-state index in [1.165, 1.54) is 0 Å². The van der Waals surface area contributed by atoms with Gasteiger partial charge in [-0.2, -0.15) is 5.10 Å². The predicted octanol–water partition coefficient (Wildman–Crippen LogP) is 0.760. The van der Waals surface area contributed by atoms with Crippen LogP contribution in [-0.4, -0.2) is 47.2 Å². The van der Waals surface area contributed by atoms with Gasteiger partial charge in [0.05, 0.1) is 0 Å². The third kappa shape index (κ3) is 3.73. The van der Waals surface area contributed by atoms with Crippen molar-refractivity contribution in [2.75, 3.05) is 25.9 Å². The van der Waals surface area contributed by atoms with Crippen LogP contribution in [0.25, 0.3) is 0 Å². The molecule has 4 N–H and O–H groups in total.